The summed E-state index contributed by atoms with van der Waals surface area (Å²) in [6, 6.07) is 32.2. The molecule has 9 nitrogen and oxygen atoms in total. The van der Waals surface area contributed by atoms with E-state index in [9.17, 15) is 9.59 Å². The molecular weight excluding hydrogens is 789 g/mol. The van der Waals surface area contributed by atoms with Crippen molar-refractivity contribution in [1.82, 2.24) is 9.55 Å². The molecule has 1 aliphatic heterocycles. The van der Waals surface area contributed by atoms with Crippen LogP contribution in [-0.4, -0.2) is 65.5 Å². The average molecular weight is 859 g/mol. The molecule has 322 valence electrons. The van der Waals surface area contributed by atoms with Crippen LogP contribution in [-0.2, 0) is 28.4 Å². The zero-order valence-electron chi connectivity index (χ0n) is 38.3. The lowest BCUT2D eigenvalue weighted by Crippen LogP contribution is -2.61. The van der Waals surface area contributed by atoms with Crippen LogP contribution in [0.3, 0.4) is 0 Å². The highest BCUT2D eigenvalue weighted by molar-refractivity contribution is 6.75. The average Bonchev–Trinajstić information content (AvgIpc) is 3.42. The van der Waals surface area contributed by atoms with Gasteiger partial charge >= 0.3 is 5.69 Å². The van der Waals surface area contributed by atoms with Crippen molar-refractivity contribution in [3.63, 3.8) is 0 Å². The van der Waals surface area contributed by atoms with Crippen molar-refractivity contribution in [2.45, 2.75) is 146 Å². The Labute approximate surface area is 356 Å². The Hall–Kier alpha value is -3.21. The largest absolute Gasteiger partial charge is 0.414 e. The first-order valence-electron chi connectivity index (χ1n) is 21.0. The van der Waals surface area contributed by atoms with Crippen LogP contribution in [0.25, 0.3) is 0 Å². The maximum absolute atomic E-state index is 13.9. The lowest BCUT2D eigenvalue weighted by molar-refractivity contribution is -0.174. The molecule has 5 rings (SSSR count). The third kappa shape index (κ3) is 9.65. The van der Waals surface area contributed by atoms with Crippen LogP contribution in [0, 0.1) is 0 Å². The quantitative estimate of drug-likeness (QED) is 0.0995. The highest BCUT2D eigenvalue weighted by Crippen LogP contribution is 2.51. The predicted octanol–water partition coefficient (Wildman–Crippen LogP) is 10.6. The molecule has 1 unspecified atom stereocenters. The normalized spacial score (nSPS) is 21.2. The van der Waals surface area contributed by atoms with Gasteiger partial charge in [-0.3, -0.25) is 14.3 Å². The van der Waals surface area contributed by atoms with Crippen molar-refractivity contribution in [3.05, 3.63) is 141 Å². The zero-order chi connectivity index (χ0) is 43.9. The number of benzene rings is 3. The molecule has 59 heavy (non-hydrogen) atoms. The minimum Gasteiger partial charge on any atom is -0.414 e. The summed E-state index contributed by atoms with van der Waals surface area (Å²) >= 11 is 0. The van der Waals surface area contributed by atoms with E-state index in [0.29, 0.717) is 0 Å². The molecule has 1 saturated heterocycles. The van der Waals surface area contributed by atoms with E-state index < -0.39 is 65.8 Å². The van der Waals surface area contributed by atoms with Crippen LogP contribution in [0.4, 0.5) is 0 Å². The number of nitrogens with zero attached hydrogens (tertiary/aromatic N) is 1. The summed E-state index contributed by atoms with van der Waals surface area (Å²) in [5, 5.41) is -0.523. The third-order valence-corrected chi connectivity index (χ3v) is 27.0. The second-order valence-electron chi connectivity index (χ2n) is 20.8. The summed E-state index contributed by atoms with van der Waals surface area (Å²) in [6.45, 7) is 33.4. The topological polar surface area (TPSA) is 101 Å². The molecule has 1 aromatic heterocycles. The molecule has 0 saturated carbocycles. The Balaban J connectivity index is 1.85. The molecule has 0 radical (unpaired) electrons. The monoisotopic (exact) mass is 858 g/mol. The van der Waals surface area contributed by atoms with Crippen LogP contribution in [0.1, 0.15) is 85.2 Å². The Morgan fingerprint density at radius 1 is 0.610 bits per heavy atom. The van der Waals surface area contributed by atoms with Crippen molar-refractivity contribution in [1.29, 1.82) is 0 Å². The van der Waals surface area contributed by atoms with Gasteiger partial charge in [0.2, 0.25) is 0 Å². The van der Waals surface area contributed by atoms with Gasteiger partial charge in [-0.2, -0.15) is 0 Å². The third-order valence-electron chi connectivity index (χ3n) is 13.6. The summed E-state index contributed by atoms with van der Waals surface area (Å²) in [6.07, 6.45) is -1.02. The molecule has 1 N–H and O–H groups in total. The number of nitrogens with one attached hydrogen (secondary N) is 1. The van der Waals surface area contributed by atoms with Crippen LogP contribution in [0.2, 0.25) is 54.4 Å². The Morgan fingerprint density at radius 2 is 1.03 bits per heavy atom. The van der Waals surface area contributed by atoms with Crippen molar-refractivity contribution in [3.8, 4) is 0 Å². The van der Waals surface area contributed by atoms with Gasteiger partial charge in [-0.1, -0.05) is 153 Å². The molecule has 1 fully saturated rings. The summed E-state index contributed by atoms with van der Waals surface area (Å²) in [5.41, 5.74) is -0.662. The number of hydrogen-bond donors (Lipinski definition) is 1. The van der Waals surface area contributed by atoms with Gasteiger partial charge in [0.15, 0.2) is 31.2 Å². The van der Waals surface area contributed by atoms with Crippen LogP contribution in [0.15, 0.2) is 113 Å². The van der Waals surface area contributed by atoms with Crippen molar-refractivity contribution < 1.29 is 22.8 Å². The first-order chi connectivity index (χ1) is 27.2. The lowest BCUT2D eigenvalue weighted by Gasteiger charge is -2.48. The minimum atomic E-state index is -2.64. The second kappa shape index (κ2) is 16.9. The van der Waals surface area contributed by atoms with E-state index in [1.807, 2.05) is 54.6 Å². The zero-order valence-corrected chi connectivity index (χ0v) is 41.3. The van der Waals surface area contributed by atoms with Crippen molar-refractivity contribution in [2.24, 2.45) is 0 Å². The van der Waals surface area contributed by atoms with E-state index in [2.05, 4.69) is 143 Å². The number of aromatic nitrogens is 2. The Kier molecular flexibility index (Phi) is 13.4. The van der Waals surface area contributed by atoms with E-state index in [0.717, 1.165) is 16.7 Å². The second-order valence-corrected chi connectivity index (χ2v) is 35.2. The summed E-state index contributed by atoms with van der Waals surface area (Å²) in [5.74, 6) is 0. The molecule has 0 bridgehead atoms. The van der Waals surface area contributed by atoms with Crippen molar-refractivity contribution in [2.75, 3.05) is 13.2 Å². The number of aromatic amines is 1. The van der Waals surface area contributed by atoms with Gasteiger partial charge in [-0.25, -0.2) is 4.79 Å². The Bertz CT molecular complexity index is 2020. The summed E-state index contributed by atoms with van der Waals surface area (Å²) in [4.78, 5) is 28.9. The van der Waals surface area contributed by atoms with E-state index in [-0.39, 0.29) is 28.3 Å². The highest BCUT2D eigenvalue weighted by atomic mass is 28.4. The highest BCUT2D eigenvalue weighted by Gasteiger charge is 2.63. The smallest absolute Gasteiger partial charge is 0.330 e. The van der Waals surface area contributed by atoms with Gasteiger partial charge in [-0.05, 0) is 71.1 Å². The van der Waals surface area contributed by atoms with Crippen LogP contribution < -0.4 is 11.2 Å². The molecule has 2 heterocycles. The Morgan fingerprint density at radius 3 is 1.44 bits per heavy atom. The van der Waals surface area contributed by atoms with Gasteiger partial charge in [-0.15, -0.1) is 0 Å². The molecule has 12 heteroatoms. The van der Waals surface area contributed by atoms with Crippen molar-refractivity contribution >= 4 is 25.0 Å². The summed E-state index contributed by atoms with van der Waals surface area (Å²) < 4.78 is 39.1. The molecule has 0 aliphatic carbocycles. The molecule has 4 atom stereocenters. The summed E-state index contributed by atoms with van der Waals surface area (Å²) in [7, 11) is -7.71. The van der Waals surface area contributed by atoms with Gasteiger partial charge in [0.05, 0.1) is 13.2 Å². The maximum Gasteiger partial charge on any atom is 0.330 e. The predicted molar refractivity (Wildman–Crippen MR) is 247 cm³/mol. The van der Waals surface area contributed by atoms with Gasteiger partial charge in [0.1, 0.15) is 23.4 Å². The fourth-order valence-electron chi connectivity index (χ4n) is 6.76. The lowest BCUT2D eigenvalue weighted by atomic mass is 9.80. The molecule has 3 aromatic carbocycles. The van der Waals surface area contributed by atoms with E-state index in [1.165, 1.54) is 16.8 Å². The SMILES string of the molecule is CC(C)(C)[Si](C)(C)OC[C@@]1(COC(c2ccccc2)(c2ccccc2)c2ccccc2)O[C@@H](n2ccc(=O)[nH]c2=O)C(O[Si](C)(C)C(C)(C)C)[C@@H]1O[Si](C)(C)C(C)(C)C. The van der Waals surface area contributed by atoms with Crippen LogP contribution in [0.5, 0.6) is 0 Å². The molecule has 0 amide bonds. The van der Waals surface area contributed by atoms with E-state index in [4.69, 9.17) is 22.8 Å². The first-order valence-corrected chi connectivity index (χ1v) is 29.7. The van der Waals surface area contributed by atoms with Gasteiger partial charge < -0.3 is 22.8 Å². The fraction of sp³-hybridized carbons (Fsp3) is 0.532. The van der Waals surface area contributed by atoms with Gasteiger partial charge in [0.25, 0.3) is 5.56 Å². The molecule has 1 aliphatic rings. The van der Waals surface area contributed by atoms with Gasteiger partial charge in [0, 0.05) is 12.3 Å². The standard InChI is InChI=1S/C47H70N2O7Si3/c1-43(2,3)57(10,11)53-34-46(33-52-47(35-25-19-16-20-26-35,36-27-21-17-22-28-36)37-29-23-18-24-30-37)40(56-59(14,15)45(7,8)9)39(55-58(12,13)44(4,5)6)41(54-46)49-32-31-38(50)48-42(49)51/h16-32,39-41H,33-34H2,1-15H3,(H,48,50,51)/t39?,40-,41+,46+/m0/s1. The molecule has 0 spiro atoms. The maximum atomic E-state index is 13.9. The number of rotatable bonds is 14. The van der Waals surface area contributed by atoms with E-state index >= 15 is 0 Å². The number of hydrogen-bond acceptors (Lipinski definition) is 7. The molecule has 4 aromatic rings. The number of ether oxygens (including phenoxy) is 2. The number of H-pyrrole nitrogens is 1. The fourth-order valence-corrected chi connectivity index (χ4v) is 10.4. The van der Waals surface area contributed by atoms with E-state index in [1.54, 1.807) is 0 Å². The first kappa shape index (κ1) is 46.8. The minimum absolute atomic E-state index is 0.00552. The van der Waals surface area contributed by atoms with Crippen LogP contribution >= 0.6 is 0 Å². The molecular formula is C47H70N2O7Si3.